The molecule has 0 fully saturated rings. The van der Waals surface area contributed by atoms with Crippen molar-refractivity contribution < 1.29 is 14.3 Å². The first-order chi connectivity index (χ1) is 9.78. The van der Waals surface area contributed by atoms with Gasteiger partial charge in [0.25, 0.3) is 0 Å². The molecule has 0 aromatic heterocycles. The second-order valence-corrected chi connectivity index (χ2v) is 4.87. The summed E-state index contributed by atoms with van der Waals surface area (Å²) in [6.45, 7) is 0. The fraction of sp³-hybridized carbons (Fsp3) is 0.235. The summed E-state index contributed by atoms with van der Waals surface area (Å²) in [5.74, 6) is 0.552. The third-order valence-corrected chi connectivity index (χ3v) is 3.60. The van der Waals surface area contributed by atoms with Gasteiger partial charge in [-0.2, -0.15) is 0 Å². The van der Waals surface area contributed by atoms with Crippen LogP contribution in [0, 0.1) is 0 Å². The molecule has 2 aromatic carbocycles. The molecule has 1 aliphatic heterocycles. The molecule has 3 heteroatoms. The summed E-state index contributed by atoms with van der Waals surface area (Å²) < 4.78 is 10.8. The minimum Gasteiger partial charge on any atom is -0.485 e. The molecule has 0 bridgehead atoms. The van der Waals surface area contributed by atoms with E-state index in [0.717, 1.165) is 24.2 Å². The van der Waals surface area contributed by atoms with Gasteiger partial charge in [0.1, 0.15) is 11.9 Å². The topological polar surface area (TPSA) is 35.5 Å². The largest absolute Gasteiger partial charge is 0.485 e. The van der Waals surface area contributed by atoms with Crippen molar-refractivity contribution in [3.63, 3.8) is 0 Å². The molecule has 1 heterocycles. The molecule has 0 radical (unpaired) electrons. The van der Waals surface area contributed by atoms with Gasteiger partial charge in [0.2, 0.25) is 0 Å². The zero-order valence-electron chi connectivity index (χ0n) is 11.3. The van der Waals surface area contributed by atoms with Crippen LogP contribution in [-0.4, -0.2) is 13.1 Å². The molecule has 20 heavy (non-hydrogen) atoms. The molecule has 102 valence electrons. The lowest BCUT2D eigenvalue weighted by atomic mass is 9.96. The number of esters is 1. The van der Waals surface area contributed by atoms with E-state index >= 15 is 0 Å². The van der Waals surface area contributed by atoms with Crippen LogP contribution in [0.25, 0.3) is 0 Å². The first kappa shape index (κ1) is 12.7. The Morgan fingerprint density at radius 3 is 2.75 bits per heavy atom. The van der Waals surface area contributed by atoms with Gasteiger partial charge in [0.15, 0.2) is 0 Å². The maximum atomic E-state index is 11.5. The number of hydrogen-bond acceptors (Lipinski definition) is 3. The lowest BCUT2D eigenvalue weighted by molar-refractivity contribution is 0.0600. The third kappa shape index (κ3) is 2.39. The van der Waals surface area contributed by atoms with Crippen LogP contribution < -0.4 is 4.74 Å². The van der Waals surface area contributed by atoms with Crippen LogP contribution in [0.3, 0.4) is 0 Å². The highest BCUT2D eigenvalue weighted by atomic mass is 16.5. The quantitative estimate of drug-likeness (QED) is 0.781. The van der Waals surface area contributed by atoms with E-state index in [1.807, 2.05) is 30.3 Å². The highest BCUT2D eigenvalue weighted by Gasteiger charge is 2.22. The van der Waals surface area contributed by atoms with Gasteiger partial charge in [-0.05, 0) is 42.2 Å². The Morgan fingerprint density at radius 2 is 2.00 bits per heavy atom. The number of ether oxygens (including phenoxy) is 2. The molecule has 0 spiro atoms. The first-order valence-electron chi connectivity index (χ1n) is 6.71. The summed E-state index contributed by atoms with van der Waals surface area (Å²) in [4.78, 5) is 11.5. The second-order valence-electron chi connectivity index (χ2n) is 4.87. The SMILES string of the molecule is COC(=O)c1ccc2c(c1)CCC(c1ccccc1)O2. The summed E-state index contributed by atoms with van der Waals surface area (Å²) >= 11 is 0. The van der Waals surface area contributed by atoms with Crippen LogP contribution >= 0.6 is 0 Å². The first-order valence-corrected chi connectivity index (χ1v) is 6.71. The van der Waals surface area contributed by atoms with Gasteiger partial charge < -0.3 is 9.47 Å². The number of benzene rings is 2. The second kappa shape index (κ2) is 5.37. The Bertz CT molecular complexity index is 619. The fourth-order valence-electron chi connectivity index (χ4n) is 2.54. The van der Waals surface area contributed by atoms with Crippen molar-refractivity contribution in [2.75, 3.05) is 7.11 Å². The van der Waals surface area contributed by atoms with E-state index < -0.39 is 0 Å². The molecule has 3 rings (SSSR count). The summed E-state index contributed by atoms with van der Waals surface area (Å²) in [7, 11) is 1.39. The fourth-order valence-corrected chi connectivity index (χ4v) is 2.54. The lowest BCUT2D eigenvalue weighted by Crippen LogP contribution is -2.15. The molecule has 3 nitrogen and oxygen atoms in total. The van der Waals surface area contributed by atoms with Crippen LogP contribution in [0.1, 0.15) is 34.0 Å². The maximum absolute atomic E-state index is 11.5. The standard InChI is InChI=1S/C17H16O3/c1-19-17(18)14-8-10-16-13(11-14)7-9-15(20-16)12-5-3-2-4-6-12/h2-6,8,10-11,15H,7,9H2,1H3. The van der Waals surface area contributed by atoms with Gasteiger partial charge in [0, 0.05) is 0 Å². The van der Waals surface area contributed by atoms with Crippen LogP contribution in [0.15, 0.2) is 48.5 Å². The van der Waals surface area contributed by atoms with E-state index in [1.165, 1.54) is 12.7 Å². The molecule has 0 saturated heterocycles. The van der Waals surface area contributed by atoms with E-state index in [1.54, 1.807) is 6.07 Å². The van der Waals surface area contributed by atoms with Gasteiger partial charge in [-0.3, -0.25) is 0 Å². The smallest absolute Gasteiger partial charge is 0.337 e. The van der Waals surface area contributed by atoms with Gasteiger partial charge in [-0.1, -0.05) is 30.3 Å². The van der Waals surface area contributed by atoms with Crippen LogP contribution in [0.5, 0.6) is 5.75 Å². The Balaban J connectivity index is 1.84. The molecule has 0 aliphatic carbocycles. The van der Waals surface area contributed by atoms with Crippen molar-refractivity contribution >= 4 is 5.97 Å². The van der Waals surface area contributed by atoms with Gasteiger partial charge in [0.05, 0.1) is 12.7 Å². The summed E-state index contributed by atoms with van der Waals surface area (Å²) in [6, 6.07) is 15.7. The van der Waals surface area contributed by atoms with Gasteiger partial charge in [-0.25, -0.2) is 4.79 Å². The van der Waals surface area contributed by atoms with E-state index in [9.17, 15) is 4.79 Å². The molecule has 0 saturated carbocycles. The van der Waals surface area contributed by atoms with Crippen LogP contribution in [0.4, 0.5) is 0 Å². The normalized spacial score (nSPS) is 16.9. The highest BCUT2D eigenvalue weighted by Crippen LogP contribution is 2.35. The van der Waals surface area contributed by atoms with E-state index in [2.05, 4.69) is 12.1 Å². The van der Waals surface area contributed by atoms with Crippen molar-refractivity contribution in [3.05, 3.63) is 65.2 Å². The third-order valence-electron chi connectivity index (χ3n) is 3.60. The monoisotopic (exact) mass is 268 g/mol. The molecule has 1 aliphatic rings. The van der Waals surface area contributed by atoms with Crippen LogP contribution in [0.2, 0.25) is 0 Å². The zero-order chi connectivity index (χ0) is 13.9. The average molecular weight is 268 g/mol. The minimum atomic E-state index is -0.307. The number of carbonyl (C=O) groups excluding carboxylic acids is 1. The predicted octanol–water partition coefficient (Wildman–Crippen LogP) is 3.54. The van der Waals surface area contributed by atoms with Crippen molar-refractivity contribution in [3.8, 4) is 5.75 Å². The highest BCUT2D eigenvalue weighted by molar-refractivity contribution is 5.89. The van der Waals surface area contributed by atoms with E-state index in [-0.39, 0.29) is 12.1 Å². The summed E-state index contributed by atoms with van der Waals surface area (Å²) in [6.07, 6.45) is 1.91. The molecule has 1 atom stereocenters. The number of rotatable bonds is 2. The Morgan fingerprint density at radius 1 is 1.20 bits per heavy atom. The molecule has 0 N–H and O–H groups in total. The van der Waals surface area contributed by atoms with Gasteiger partial charge in [-0.15, -0.1) is 0 Å². The van der Waals surface area contributed by atoms with Crippen molar-refractivity contribution in [1.82, 2.24) is 0 Å². The lowest BCUT2D eigenvalue weighted by Gasteiger charge is -2.26. The predicted molar refractivity (Wildman–Crippen MR) is 75.9 cm³/mol. The van der Waals surface area contributed by atoms with Crippen molar-refractivity contribution in [2.24, 2.45) is 0 Å². The van der Waals surface area contributed by atoms with E-state index in [0.29, 0.717) is 5.56 Å². The average Bonchev–Trinajstić information content (AvgIpc) is 2.54. The molecule has 1 unspecified atom stereocenters. The van der Waals surface area contributed by atoms with Crippen molar-refractivity contribution in [1.29, 1.82) is 0 Å². The molecule has 0 amide bonds. The summed E-state index contributed by atoms with van der Waals surface area (Å²) in [5, 5.41) is 0. The molecular weight excluding hydrogens is 252 g/mol. The number of methoxy groups -OCH3 is 1. The number of fused-ring (bicyclic) bond motifs is 1. The Kier molecular flexibility index (Phi) is 3.42. The maximum Gasteiger partial charge on any atom is 0.337 e. The molecule has 2 aromatic rings. The Hall–Kier alpha value is -2.29. The number of aryl methyl sites for hydroxylation is 1. The van der Waals surface area contributed by atoms with Crippen molar-refractivity contribution in [2.45, 2.75) is 18.9 Å². The van der Waals surface area contributed by atoms with Crippen LogP contribution in [-0.2, 0) is 11.2 Å². The number of carbonyl (C=O) groups is 1. The van der Waals surface area contributed by atoms with Gasteiger partial charge >= 0.3 is 5.97 Å². The number of hydrogen-bond donors (Lipinski definition) is 0. The minimum absolute atomic E-state index is 0.0904. The summed E-state index contributed by atoms with van der Waals surface area (Å²) in [5.41, 5.74) is 2.84. The molecular formula is C17H16O3. The zero-order valence-corrected chi connectivity index (χ0v) is 11.3. The van der Waals surface area contributed by atoms with E-state index in [4.69, 9.17) is 9.47 Å². The Labute approximate surface area is 118 Å².